The minimum atomic E-state index is 0.00827. The van der Waals surface area contributed by atoms with E-state index in [9.17, 15) is 0 Å². The average molecular weight is 450 g/mol. The quantitative estimate of drug-likeness (QED) is 0.154. The van der Waals surface area contributed by atoms with Crippen molar-refractivity contribution in [2.24, 2.45) is 0 Å². The second-order valence-corrected chi connectivity index (χ2v) is 10.0. The van der Waals surface area contributed by atoms with Crippen LogP contribution in [0, 0.1) is 53.3 Å². The zero-order valence-electron chi connectivity index (χ0n) is 21.6. The zero-order chi connectivity index (χ0) is 24.7. The molecule has 0 fully saturated rings. The van der Waals surface area contributed by atoms with Gasteiger partial charge in [-0.1, -0.05) is 123 Å². The Balaban J connectivity index is 1.83. The van der Waals surface area contributed by atoms with Gasteiger partial charge in [0, 0.05) is 5.56 Å². The van der Waals surface area contributed by atoms with Gasteiger partial charge in [0.1, 0.15) is 0 Å². The van der Waals surface area contributed by atoms with E-state index in [1.807, 2.05) is 0 Å². The van der Waals surface area contributed by atoms with Crippen LogP contribution in [0.1, 0.15) is 38.9 Å². The second kappa shape index (κ2) is 9.12. The van der Waals surface area contributed by atoms with Crippen LogP contribution in [0.25, 0.3) is 21.5 Å². The van der Waals surface area contributed by atoms with E-state index in [0.717, 1.165) is 5.56 Å². The zero-order valence-corrected chi connectivity index (χ0v) is 21.6. The molecule has 0 spiro atoms. The van der Waals surface area contributed by atoms with Crippen molar-refractivity contribution in [3.05, 3.63) is 118 Å². The summed E-state index contributed by atoms with van der Waals surface area (Å²) in [4.78, 5) is 0. The minimum absolute atomic E-state index is 0.00827. The maximum absolute atomic E-state index is 3.81. The molecular formula is C34H31B. The molecular weight excluding hydrogens is 419 g/mol. The first-order valence-electron chi connectivity index (χ1n) is 12.4. The number of hydrogen-bond acceptors (Lipinski definition) is 0. The molecule has 5 aromatic rings. The van der Waals surface area contributed by atoms with E-state index in [1.54, 1.807) is 0 Å². The molecule has 0 aliphatic rings. The van der Waals surface area contributed by atoms with Gasteiger partial charge in [-0.05, 0) is 69.2 Å². The fraction of sp³-hybridized carbons (Fsp3) is 0.176. The Hall–Kier alpha value is -3.76. The van der Waals surface area contributed by atoms with Crippen molar-refractivity contribution >= 4 is 39.2 Å². The van der Waals surface area contributed by atoms with Crippen LogP contribution in [-0.2, 0) is 0 Å². The standard InChI is InChI=1S/C34H31B/c1-22-17-24(3)33(25(4)18-22)35(34-26(5)19-23(2)20-27(34)6)16-15-32-30-13-9-7-11-28(30)21-29-12-8-10-14-31(29)32/h7-14,17-21H,1-6H3. The van der Waals surface area contributed by atoms with E-state index in [-0.39, 0.29) is 6.71 Å². The summed E-state index contributed by atoms with van der Waals surface area (Å²) in [6.45, 7) is 13.3. The van der Waals surface area contributed by atoms with Crippen LogP contribution in [0.5, 0.6) is 0 Å². The lowest BCUT2D eigenvalue weighted by Crippen LogP contribution is -2.46. The third-order valence-electron chi connectivity index (χ3n) is 7.17. The molecule has 35 heavy (non-hydrogen) atoms. The lowest BCUT2D eigenvalue weighted by atomic mass is 9.38. The molecule has 0 heterocycles. The molecule has 0 N–H and O–H groups in total. The van der Waals surface area contributed by atoms with Gasteiger partial charge in [-0.3, -0.25) is 0 Å². The first-order valence-corrected chi connectivity index (χ1v) is 12.4. The Kier molecular flexibility index (Phi) is 6.00. The highest BCUT2D eigenvalue weighted by molar-refractivity contribution is 6.92. The van der Waals surface area contributed by atoms with E-state index in [4.69, 9.17) is 0 Å². The largest absolute Gasteiger partial charge is 0.297 e. The first-order chi connectivity index (χ1) is 16.8. The summed E-state index contributed by atoms with van der Waals surface area (Å²) in [5, 5.41) is 4.90. The van der Waals surface area contributed by atoms with Crippen LogP contribution in [0.2, 0.25) is 0 Å². The van der Waals surface area contributed by atoms with E-state index >= 15 is 0 Å². The number of hydrogen-bond donors (Lipinski definition) is 0. The molecule has 1 heteroatoms. The summed E-state index contributed by atoms with van der Waals surface area (Å²) in [6.07, 6.45) is 0. The van der Waals surface area contributed by atoms with Crippen LogP contribution in [0.3, 0.4) is 0 Å². The molecule has 0 aliphatic carbocycles. The van der Waals surface area contributed by atoms with Crippen LogP contribution < -0.4 is 10.9 Å². The van der Waals surface area contributed by atoms with Gasteiger partial charge in [-0.2, -0.15) is 0 Å². The Bertz CT molecular complexity index is 1500. The van der Waals surface area contributed by atoms with Gasteiger partial charge >= 0.3 is 0 Å². The lowest BCUT2D eigenvalue weighted by molar-refractivity contribution is 1.34. The molecule has 0 amide bonds. The van der Waals surface area contributed by atoms with E-state index < -0.39 is 0 Å². The minimum Gasteiger partial charge on any atom is -0.137 e. The van der Waals surface area contributed by atoms with Gasteiger partial charge in [0.15, 0.2) is 0 Å². The predicted molar refractivity (Wildman–Crippen MR) is 155 cm³/mol. The molecule has 0 unspecified atom stereocenters. The smallest absolute Gasteiger partial charge is 0.137 e. The summed E-state index contributed by atoms with van der Waals surface area (Å²) in [7, 11) is 0. The Morgan fingerprint density at radius 1 is 0.514 bits per heavy atom. The van der Waals surface area contributed by atoms with Gasteiger partial charge in [-0.25, -0.2) is 0 Å². The monoisotopic (exact) mass is 450 g/mol. The summed E-state index contributed by atoms with van der Waals surface area (Å²) in [6, 6.07) is 28.7. The summed E-state index contributed by atoms with van der Waals surface area (Å²) in [5.74, 6) is 7.52. The van der Waals surface area contributed by atoms with Crippen LogP contribution in [0.4, 0.5) is 0 Å². The third-order valence-corrected chi connectivity index (χ3v) is 7.17. The molecule has 170 valence electrons. The van der Waals surface area contributed by atoms with Crippen molar-refractivity contribution in [1.82, 2.24) is 0 Å². The number of fused-ring (bicyclic) bond motifs is 2. The number of rotatable bonds is 2. The third kappa shape index (κ3) is 4.26. The van der Waals surface area contributed by atoms with E-state index in [2.05, 4.69) is 132 Å². The maximum Gasteiger partial charge on any atom is 0.297 e. The van der Waals surface area contributed by atoms with Crippen molar-refractivity contribution < 1.29 is 0 Å². The van der Waals surface area contributed by atoms with Crippen molar-refractivity contribution in [3.8, 4) is 11.7 Å². The van der Waals surface area contributed by atoms with E-state index in [1.165, 1.54) is 65.9 Å². The Morgan fingerprint density at radius 3 is 1.34 bits per heavy atom. The second-order valence-electron chi connectivity index (χ2n) is 10.0. The molecule has 0 bridgehead atoms. The topological polar surface area (TPSA) is 0 Å². The van der Waals surface area contributed by atoms with Gasteiger partial charge in [0.25, 0.3) is 6.71 Å². The molecule has 0 saturated carbocycles. The van der Waals surface area contributed by atoms with Gasteiger partial charge in [0.2, 0.25) is 0 Å². The maximum atomic E-state index is 3.81. The van der Waals surface area contributed by atoms with Gasteiger partial charge < -0.3 is 0 Å². The number of aryl methyl sites for hydroxylation is 6. The normalized spacial score (nSPS) is 10.9. The molecule has 0 aliphatic heterocycles. The molecule has 5 rings (SSSR count). The van der Waals surface area contributed by atoms with Crippen molar-refractivity contribution in [1.29, 1.82) is 0 Å². The highest BCUT2D eigenvalue weighted by Crippen LogP contribution is 2.27. The van der Waals surface area contributed by atoms with E-state index in [0.29, 0.717) is 0 Å². The number of benzene rings is 5. The van der Waals surface area contributed by atoms with Crippen molar-refractivity contribution in [2.75, 3.05) is 0 Å². The predicted octanol–water partition coefficient (Wildman–Crippen LogP) is 7.04. The highest BCUT2D eigenvalue weighted by atomic mass is 14.1. The van der Waals surface area contributed by atoms with Crippen molar-refractivity contribution in [2.45, 2.75) is 41.5 Å². The average Bonchev–Trinajstić information content (AvgIpc) is 2.80. The highest BCUT2D eigenvalue weighted by Gasteiger charge is 2.25. The molecule has 0 atom stereocenters. The van der Waals surface area contributed by atoms with Crippen molar-refractivity contribution in [3.63, 3.8) is 0 Å². The molecule has 5 aromatic carbocycles. The molecule has 0 saturated heterocycles. The first kappa shape index (κ1) is 23.0. The van der Waals surface area contributed by atoms with Gasteiger partial charge in [-0.15, -0.1) is 5.82 Å². The summed E-state index contributed by atoms with van der Waals surface area (Å²) in [5.41, 5.74) is 11.6. The molecule has 0 radical (unpaired) electrons. The SMILES string of the molecule is Cc1cc(C)c(B(C#Cc2c3ccccc3cc3ccccc23)c2c(C)cc(C)cc2C)c(C)c1. The fourth-order valence-corrected chi connectivity index (χ4v) is 5.87. The Morgan fingerprint density at radius 2 is 0.914 bits per heavy atom. The lowest BCUT2D eigenvalue weighted by Gasteiger charge is -2.20. The van der Waals surface area contributed by atoms with Crippen LogP contribution >= 0.6 is 0 Å². The molecule has 0 aromatic heterocycles. The summed E-state index contributed by atoms with van der Waals surface area (Å²) < 4.78 is 0. The molecule has 0 nitrogen and oxygen atoms in total. The summed E-state index contributed by atoms with van der Waals surface area (Å²) >= 11 is 0. The van der Waals surface area contributed by atoms with Gasteiger partial charge in [0.05, 0.1) is 0 Å². The van der Waals surface area contributed by atoms with Crippen LogP contribution in [0.15, 0.2) is 78.9 Å². The van der Waals surface area contributed by atoms with Crippen LogP contribution in [-0.4, -0.2) is 6.71 Å². The Labute approximate surface area is 210 Å². The fourth-order valence-electron chi connectivity index (χ4n) is 5.87.